The highest BCUT2D eigenvalue weighted by molar-refractivity contribution is 5.67. The first-order chi connectivity index (χ1) is 7.29. The van der Waals surface area contributed by atoms with Crippen LogP contribution in [0.5, 0.6) is 0 Å². The number of hydrogen-bond donors (Lipinski definition) is 2. The van der Waals surface area contributed by atoms with Crippen molar-refractivity contribution in [3.05, 3.63) is 0 Å². The second kappa shape index (κ2) is 4.84. The van der Waals surface area contributed by atoms with Gasteiger partial charge in [-0.3, -0.25) is 0 Å². The van der Waals surface area contributed by atoms with Gasteiger partial charge in [0.15, 0.2) is 0 Å². The molecular weight excluding hydrogens is 192 g/mol. The minimum absolute atomic E-state index is 0.250. The number of hydrogen-bond acceptors (Lipinski definition) is 3. The van der Waals surface area contributed by atoms with Crippen molar-refractivity contribution in [3.63, 3.8) is 0 Å². The van der Waals surface area contributed by atoms with Gasteiger partial charge in [-0.05, 0) is 44.1 Å². The third-order valence-electron chi connectivity index (χ3n) is 3.45. The fourth-order valence-corrected chi connectivity index (χ4v) is 2.26. The smallest absolute Gasteiger partial charge is 0.407 e. The summed E-state index contributed by atoms with van der Waals surface area (Å²) in [7, 11) is 0. The largest absolute Gasteiger partial charge is 0.449 e. The number of alkyl carbamates (subject to hydrolysis) is 1. The Hall–Kier alpha value is -0.770. The molecule has 0 aromatic carbocycles. The van der Waals surface area contributed by atoms with Gasteiger partial charge in [-0.2, -0.15) is 0 Å². The molecule has 86 valence electrons. The number of nitrogens with one attached hydrogen (secondary N) is 1. The molecule has 2 unspecified atom stereocenters. The quantitative estimate of drug-likeness (QED) is 0.737. The standard InChI is InChI=1S/C11H20N2O2/c12-6-8-2-1-3-9(8)7-15-11(14)13-10-4-5-10/h8-10H,1-7,12H2,(H,13,14). The second-order valence-corrected chi connectivity index (χ2v) is 4.70. The molecule has 2 aliphatic carbocycles. The van der Waals surface area contributed by atoms with Crippen LogP contribution >= 0.6 is 0 Å². The van der Waals surface area contributed by atoms with E-state index in [0.29, 0.717) is 24.5 Å². The summed E-state index contributed by atoms with van der Waals surface area (Å²) in [4.78, 5) is 11.3. The van der Waals surface area contributed by atoms with Crippen LogP contribution in [-0.4, -0.2) is 25.3 Å². The molecule has 3 N–H and O–H groups in total. The maximum absolute atomic E-state index is 11.3. The number of nitrogens with two attached hydrogens (primary N) is 1. The molecule has 4 heteroatoms. The van der Waals surface area contributed by atoms with Crippen LogP contribution in [-0.2, 0) is 4.74 Å². The fraction of sp³-hybridized carbons (Fsp3) is 0.909. The molecular formula is C11H20N2O2. The first-order valence-electron chi connectivity index (χ1n) is 5.93. The molecule has 0 heterocycles. The van der Waals surface area contributed by atoms with Crippen LogP contribution in [0.4, 0.5) is 4.79 Å². The number of rotatable bonds is 4. The molecule has 2 fully saturated rings. The molecule has 2 aliphatic rings. The summed E-state index contributed by atoms with van der Waals surface area (Å²) in [5.41, 5.74) is 5.67. The van der Waals surface area contributed by atoms with Crippen LogP contribution in [0.15, 0.2) is 0 Å². The maximum atomic E-state index is 11.3. The summed E-state index contributed by atoms with van der Waals surface area (Å²) >= 11 is 0. The lowest BCUT2D eigenvalue weighted by molar-refractivity contribution is 0.117. The van der Waals surface area contributed by atoms with Crippen LogP contribution in [0.25, 0.3) is 0 Å². The maximum Gasteiger partial charge on any atom is 0.407 e. The predicted octanol–water partition coefficient (Wildman–Crippen LogP) is 1.25. The van der Waals surface area contributed by atoms with Crippen LogP contribution < -0.4 is 11.1 Å². The Labute approximate surface area is 90.5 Å². The van der Waals surface area contributed by atoms with Crippen LogP contribution in [0.3, 0.4) is 0 Å². The lowest BCUT2D eigenvalue weighted by Gasteiger charge is -2.17. The van der Waals surface area contributed by atoms with Crippen molar-refractivity contribution in [1.82, 2.24) is 5.32 Å². The highest BCUT2D eigenvalue weighted by Gasteiger charge is 2.28. The monoisotopic (exact) mass is 212 g/mol. The zero-order valence-corrected chi connectivity index (χ0v) is 9.08. The lowest BCUT2D eigenvalue weighted by atomic mass is 9.97. The first kappa shape index (κ1) is 10.7. The summed E-state index contributed by atoms with van der Waals surface area (Å²) in [5, 5.41) is 2.82. The normalized spacial score (nSPS) is 30.2. The van der Waals surface area contributed by atoms with Gasteiger partial charge < -0.3 is 15.8 Å². The average Bonchev–Trinajstić information content (AvgIpc) is 2.92. The molecule has 1 amide bonds. The average molecular weight is 212 g/mol. The van der Waals surface area contributed by atoms with Crippen molar-refractivity contribution in [2.75, 3.05) is 13.2 Å². The molecule has 0 aliphatic heterocycles. The second-order valence-electron chi connectivity index (χ2n) is 4.70. The summed E-state index contributed by atoms with van der Waals surface area (Å²) in [6.07, 6.45) is 5.52. The summed E-state index contributed by atoms with van der Waals surface area (Å²) in [6, 6.07) is 0.381. The highest BCUT2D eigenvalue weighted by atomic mass is 16.5. The molecule has 2 saturated carbocycles. The van der Waals surface area contributed by atoms with E-state index in [-0.39, 0.29) is 6.09 Å². The van der Waals surface area contributed by atoms with E-state index in [1.807, 2.05) is 0 Å². The van der Waals surface area contributed by atoms with Gasteiger partial charge in [-0.1, -0.05) is 6.42 Å². The van der Waals surface area contributed by atoms with E-state index < -0.39 is 0 Å². The third-order valence-corrected chi connectivity index (χ3v) is 3.45. The number of carbonyl (C=O) groups excluding carboxylic acids is 1. The van der Waals surface area contributed by atoms with E-state index >= 15 is 0 Å². The van der Waals surface area contributed by atoms with Crippen molar-refractivity contribution in [2.24, 2.45) is 17.6 Å². The van der Waals surface area contributed by atoms with Crippen molar-refractivity contribution >= 4 is 6.09 Å². The fourth-order valence-electron chi connectivity index (χ4n) is 2.26. The minimum Gasteiger partial charge on any atom is -0.449 e. The highest BCUT2D eigenvalue weighted by Crippen LogP contribution is 2.31. The minimum atomic E-state index is -0.250. The summed E-state index contributed by atoms with van der Waals surface area (Å²) in [5.74, 6) is 1.04. The van der Waals surface area contributed by atoms with Crippen molar-refractivity contribution in [3.8, 4) is 0 Å². The van der Waals surface area contributed by atoms with Gasteiger partial charge in [-0.15, -0.1) is 0 Å². The Balaban J connectivity index is 1.65. The van der Waals surface area contributed by atoms with Gasteiger partial charge in [0.1, 0.15) is 0 Å². The number of carbonyl (C=O) groups is 1. The van der Waals surface area contributed by atoms with Crippen LogP contribution in [0.2, 0.25) is 0 Å². The van der Waals surface area contributed by atoms with Crippen molar-refractivity contribution < 1.29 is 9.53 Å². The molecule has 0 bridgehead atoms. The first-order valence-corrected chi connectivity index (χ1v) is 5.93. The molecule has 2 rings (SSSR count). The zero-order chi connectivity index (χ0) is 10.7. The summed E-state index contributed by atoms with van der Waals surface area (Å²) in [6.45, 7) is 1.26. The molecule has 0 aromatic heterocycles. The third kappa shape index (κ3) is 3.09. The Morgan fingerprint density at radius 3 is 2.67 bits per heavy atom. The summed E-state index contributed by atoms with van der Waals surface area (Å²) < 4.78 is 5.20. The van der Waals surface area contributed by atoms with E-state index in [2.05, 4.69) is 5.32 Å². The van der Waals surface area contributed by atoms with Crippen molar-refractivity contribution in [2.45, 2.75) is 38.1 Å². The van der Waals surface area contributed by atoms with Gasteiger partial charge in [-0.25, -0.2) is 4.79 Å². The predicted molar refractivity (Wildman–Crippen MR) is 57.4 cm³/mol. The van der Waals surface area contributed by atoms with Gasteiger partial charge >= 0.3 is 6.09 Å². The van der Waals surface area contributed by atoms with Gasteiger partial charge in [0.05, 0.1) is 6.61 Å². The van der Waals surface area contributed by atoms with E-state index in [9.17, 15) is 4.79 Å². The lowest BCUT2D eigenvalue weighted by Crippen LogP contribution is -2.30. The van der Waals surface area contributed by atoms with E-state index in [1.54, 1.807) is 0 Å². The van der Waals surface area contributed by atoms with Crippen LogP contribution in [0.1, 0.15) is 32.1 Å². The van der Waals surface area contributed by atoms with E-state index in [0.717, 1.165) is 25.8 Å². The van der Waals surface area contributed by atoms with Gasteiger partial charge in [0.25, 0.3) is 0 Å². The Morgan fingerprint density at radius 1 is 1.27 bits per heavy atom. The molecule has 0 radical (unpaired) electrons. The van der Waals surface area contributed by atoms with E-state index in [1.165, 1.54) is 12.8 Å². The zero-order valence-electron chi connectivity index (χ0n) is 9.08. The molecule has 0 aromatic rings. The topological polar surface area (TPSA) is 64.3 Å². The Bertz CT molecular complexity index is 229. The Morgan fingerprint density at radius 2 is 2.00 bits per heavy atom. The van der Waals surface area contributed by atoms with Crippen molar-refractivity contribution in [1.29, 1.82) is 0 Å². The molecule has 15 heavy (non-hydrogen) atoms. The van der Waals surface area contributed by atoms with E-state index in [4.69, 9.17) is 10.5 Å². The molecule has 4 nitrogen and oxygen atoms in total. The van der Waals surface area contributed by atoms with Crippen LogP contribution in [0, 0.1) is 11.8 Å². The molecule has 2 atom stereocenters. The Kier molecular flexibility index (Phi) is 3.46. The molecule has 0 saturated heterocycles. The van der Waals surface area contributed by atoms with Gasteiger partial charge in [0, 0.05) is 6.04 Å². The molecule has 0 spiro atoms. The SMILES string of the molecule is NCC1CCCC1COC(=O)NC1CC1. The number of ether oxygens (including phenoxy) is 1. The van der Waals surface area contributed by atoms with Gasteiger partial charge in [0.2, 0.25) is 0 Å². The number of amides is 1.